The summed E-state index contributed by atoms with van der Waals surface area (Å²) in [6.45, 7) is 0. The summed E-state index contributed by atoms with van der Waals surface area (Å²) in [5, 5.41) is 10.3. The predicted molar refractivity (Wildman–Crippen MR) is 236 cm³/mol. The molecule has 3 aromatic heterocycles. The number of fused-ring (bicyclic) bond motifs is 11. The minimum absolute atomic E-state index is 1.15. The molecule has 0 atom stereocenters. The summed E-state index contributed by atoms with van der Waals surface area (Å²) in [6, 6.07) is 71.3. The zero-order valence-electron chi connectivity index (χ0n) is 29.8. The van der Waals surface area contributed by atoms with Gasteiger partial charge in [0.05, 0.1) is 26.8 Å². The van der Waals surface area contributed by atoms with Crippen LogP contribution in [0, 0.1) is 0 Å². The molecule has 0 saturated heterocycles. The molecule has 0 saturated carbocycles. The van der Waals surface area contributed by atoms with Crippen LogP contribution in [-0.2, 0) is 0 Å². The summed E-state index contributed by atoms with van der Waals surface area (Å²) >= 11 is 1.89. The molecular weight excluding hydrogens is 685 g/mol. The molecule has 2 nitrogen and oxygen atoms in total. The molecule has 256 valence electrons. The minimum Gasteiger partial charge on any atom is -0.309 e. The van der Waals surface area contributed by atoms with Crippen molar-refractivity contribution in [1.82, 2.24) is 9.13 Å². The maximum absolute atomic E-state index is 2.46. The van der Waals surface area contributed by atoms with Gasteiger partial charge < -0.3 is 9.13 Å². The summed E-state index contributed by atoms with van der Waals surface area (Å²) < 4.78 is 7.53. The van der Waals surface area contributed by atoms with Crippen molar-refractivity contribution < 1.29 is 0 Å². The molecule has 12 aromatic rings. The summed E-state index contributed by atoms with van der Waals surface area (Å²) in [7, 11) is 0. The Morgan fingerprint density at radius 2 is 0.873 bits per heavy atom. The zero-order valence-corrected chi connectivity index (χ0v) is 30.6. The van der Waals surface area contributed by atoms with Crippen LogP contribution in [0.2, 0.25) is 0 Å². The molecule has 0 unspecified atom stereocenters. The largest absolute Gasteiger partial charge is 0.309 e. The molecule has 0 aliphatic carbocycles. The molecule has 12 rings (SSSR count). The van der Waals surface area contributed by atoms with E-state index < -0.39 is 0 Å². The Hall–Kier alpha value is -6.94. The lowest BCUT2D eigenvalue weighted by Crippen LogP contribution is -1.95. The third kappa shape index (κ3) is 4.54. The molecule has 0 fully saturated rings. The van der Waals surface area contributed by atoms with Gasteiger partial charge >= 0.3 is 0 Å². The van der Waals surface area contributed by atoms with Gasteiger partial charge in [-0.1, -0.05) is 140 Å². The first-order valence-corrected chi connectivity index (χ1v) is 19.7. The highest BCUT2D eigenvalue weighted by molar-refractivity contribution is 7.26. The van der Waals surface area contributed by atoms with E-state index in [0.29, 0.717) is 0 Å². The molecular formula is C52H32N2S. The standard InChI is InChI=1S/C52H32N2S/c1-2-12-39-35(10-1)11-9-16-40(39)36-24-31-49-46(32-36)42-14-4-6-17-47(42)53(49)37-25-20-33(21-26-37)34-22-27-38(28-23-34)54-48-18-7-3-13-41(48)44-29-30-45-43-15-5-8-19-50(43)55-52(45)51(44)54/h1-32H. The second kappa shape index (κ2) is 11.8. The molecule has 55 heavy (non-hydrogen) atoms. The Labute approximate surface area is 321 Å². The van der Waals surface area contributed by atoms with Gasteiger partial charge in [0, 0.05) is 48.4 Å². The Morgan fingerprint density at radius 1 is 0.327 bits per heavy atom. The van der Waals surface area contributed by atoms with Crippen molar-refractivity contribution in [1.29, 1.82) is 0 Å². The first-order chi connectivity index (χ1) is 27.3. The number of hydrogen-bond acceptors (Lipinski definition) is 1. The normalized spacial score (nSPS) is 12.0. The highest BCUT2D eigenvalue weighted by Gasteiger charge is 2.18. The third-order valence-electron chi connectivity index (χ3n) is 11.5. The van der Waals surface area contributed by atoms with Gasteiger partial charge in [-0.15, -0.1) is 11.3 Å². The zero-order chi connectivity index (χ0) is 36.0. The molecule has 0 bridgehead atoms. The van der Waals surface area contributed by atoms with Gasteiger partial charge in [0.2, 0.25) is 0 Å². The van der Waals surface area contributed by atoms with Crippen LogP contribution in [-0.4, -0.2) is 9.13 Å². The van der Waals surface area contributed by atoms with Crippen molar-refractivity contribution in [3.8, 4) is 33.6 Å². The van der Waals surface area contributed by atoms with Gasteiger partial charge in [-0.2, -0.15) is 0 Å². The van der Waals surface area contributed by atoms with Crippen LogP contribution in [0.1, 0.15) is 0 Å². The number of nitrogens with zero attached hydrogens (tertiary/aromatic N) is 2. The Kier molecular flexibility index (Phi) is 6.54. The third-order valence-corrected chi connectivity index (χ3v) is 12.7. The van der Waals surface area contributed by atoms with E-state index in [0.717, 1.165) is 5.69 Å². The van der Waals surface area contributed by atoms with Gasteiger partial charge in [-0.3, -0.25) is 0 Å². The topological polar surface area (TPSA) is 9.86 Å². The molecule has 0 aliphatic rings. The lowest BCUT2D eigenvalue weighted by Gasteiger charge is -2.12. The van der Waals surface area contributed by atoms with E-state index in [1.807, 2.05) is 11.3 Å². The van der Waals surface area contributed by atoms with E-state index >= 15 is 0 Å². The number of thiophene rings is 1. The SMILES string of the molecule is c1ccc2c(-c3ccc4c(c3)c3ccccc3n4-c3ccc(-c4ccc(-n5c6ccccc6c6ccc7c8ccccc8sc7c65)cc4)cc3)cccc2c1. The Morgan fingerprint density at radius 3 is 1.64 bits per heavy atom. The van der Waals surface area contributed by atoms with Crippen molar-refractivity contribution in [3.05, 3.63) is 194 Å². The van der Waals surface area contributed by atoms with E-state index in [-0.39, 0.29) is 0 Å². The Balaban J connectivity index is 0.943. The first kappa shape index (κ1) is 30.5. The monoisotopic (exact) mass is 716 g/mol. The molecule has 0 N–H and O–H groups in total. The lowest BCUT2D eigenvalue weighted by molar-refractivity contribution is 1.18. The highest BCUT2D eigenvalue weighted by atomic mass is 32.1. The smallest absolute Gasteiger partial charge is 0.0719 e. The maximum atomic E-state index is 2.46. The van der Waals surface area contributed by atoms with E-state index in [2.05, 4.69) is 203 Å². The molecule has 0 aliphatic heterocycles. The van der Waals surface area contributed by atoms with Gasteiger partial charge in [0.25, 0.3) is 0 Å². The van der Waals surface area contributed by atoms with Crippen molar-refractivity contribution >= 4 is 85.9 Å². The van der Waals surface area contributed by atoms with E-state index in [1.165, 1.54) is 102 Å². The summed E-state index contributed by atoms with van der Waals surface area (Å²) in [4.78, 5) is 0. The van der Waals surface area contributed by atoms with Crippen molar-refractivity contribution in [2.45, 2.75) is 0 Å². The number of benzene rings is 9. The average Bonchev–Trinajstić information content (AvgIpc) is 3.91. The van der Waals surface area contributed by atoms with Crippen molar-refractivity contribution in [2.24, 2.45) is 0 Å². The fraction of sp³-hybridized carbons (Fsp3) is 0. The molecule has 0 spiro atoms. The van der Waals surface area contributed by atoms with Gasteiger partial charge in [-0.25, -0.2) is 0 Å². The van der Waals surface area contributed by atoms with E-state index in [9.17, 15) is 0 Å². The van der Waals surface area contributed by atoms with Crippen LogP contribution < -0.4 is 0 Å². The number of aromatic nitrogens is 2. The summed E-state index contributed by atoms with van der Waals surface area (Å²) in [5.41, 5.74) is 12.2. The molecule has 9 aromatic carbocycles. The van der Waals surface area contributed by atoms with Crippen LogP contribution in [0.5, 0.6) is 0 Å². The second-order valence-corrected chi connectivity index (χ2v) is 15.5. The maximum Gasteiger partial charge on any atom is 0.0719 e. The van der Waals surface area contributed by atoms with Crippen molar-refractivity contribution in [3.63, 3.8) is 0 Å². The molecule has 0 amide bonds. The molecule has 3 heterocycles. The van der Waals surface area contributed by atoms with Crippen LogP contribution in [0.25, 0.3) is 108 Å². The van der Waals surface area contributed by atoms with Crippen molar-refractivity contribution in [2.75, 3.05) is 0 Å². The van der Waals surface area contributed by atoms with Gasteiger partial charge in [0.1, 0.15) is 0 Å². The van der Waals surface area contributed by atoms with Crippen LogP contribution in [0.15, 0.2) is 194 Å². The van der Waals surface area contributed by atoms with E-state index in [1.54, 1.807) is 0 Å². The fourth-order valence-electron chi connectivity index (χ4n) is 9.00. The van der Waals surface area contributed by atoms with Crippen LogP contribution >= 0.6 is 11.3 Å². The number of rotatable bonds is 4. The summed E-state index contributed by atoms with van der Waals surface area (Å²) in [6.07, 6.45) is 0. The first-order valence-electron chi connectivity index (χ1n) is 18.8. The second-order valence-electron chi connectivity index (χ2n) is 14.5. The molecule has 3 heteroatoms. The minimum atomic E-state index is 1.15. The fourth-order valence-corrected chi connectivity index (χ4v) is 10.2. The van der Waals surface area contributed by atoms with Crippen LogP contribution in [0.3, 0.4) is 0 Å². The van der Waals surface area contributed by atoms with Gasteiger partial charge in [0.15, 0.2) is 0 Å². The quantitative estimate of drug-likeness (QED) is 0.172. The molecule has 0 radical (unpaired) electrons. The van der Waals surface area contributed by atoms with Gasteiger partial charge in [-0.05, 0) is 87.6 Å². The average molecular weight is 717 g/mol. The highest BCUT2D eigenvalue weighted by Crippen LogP contribution is 2.43. The number of hydrogen-bond donors (Lipinski definition) is 0. The predicted octanol–water partition coefficient (Wildman–Crippen LogP) is 14.7. The van der Waals surface area contributed by atoms with E-state index in [4.69, 9.17) is 0 Å². The van der Waals surface area contributed by atoms with Crippen LogP contribution in [0.4, 0.5) is 0 Å². The summed E-state index contributed by atoms with van der Waals surface area (Å²) in [5.74, 6) is 0. The lowest BCUT2D eigenvalue weighted by atomic mass is 9.97. The Bertz CT molecular complexity index is 3460. The number of para-hydroxylation sites is 2.